The summed E-state index contributed by atoms with van der Waals surface area (Å²) in [7, 11) is -4.26. The topological polar surface area (TPSA) is 86.8 Å². The SMILES string of the molecule is O=C(NC1CCCCC1)C(Cc1ccccc1)N(Cc1cccc(Cl)c1)C(=O)CN(c1ccc(F)cc1)S(=O)(=O)c1ccccc1. The predicted molar refractivity (Wildman–Crippen MR) is 178 cm³/mol. The third kappa shape index (κ3) is 8.53. The number of carbonyl (C=O) groups excluding carboxylic acids is 2. The molecule has 1 aliphatic rings. The van der Waals surface area contributed by atoms with Crippen molar-refractivity contribution in [3.8, 4) is 0 Å². The van der Waals surface area contributed by atoms with Crippen LogP contribution in [0.1, 0.15) is 43.2 Å². The smallest absolute Gasteiger partial charge is 0.264 e. The van der Waals surface area contributed by atoms with Gasteiger partial charge in [0.1, 0.15) is 18.4 Å². The van der Waals surface area contributed by atoms with E-state index in [0.29, 0.717) is 10.6 Å². The van der Waals surface area contributed by atoms with Crippen LogP contribution in [-0.2, 0) is 32.6 Å². The van der Waals surface area contributed by atoms with Crippen LogP contribution in [0, 0.1) is 5.82 Å². The Kier molecular flexibility index (Phi) is 11.1. The normalized spacial score (nSPS) is 14.3. The first-order valence-corrected chi connectivity index (χ1v) is 17.2. The summed E-state index contributed by atoms with van der Waals surface area (Å²) in [4.78, 5) is 30.1. The molecule has 0 radical (unpaired) electrons. The predicted octanol–water partition coefficient (Wildman–Crippen LogP) is 6.76. The number of sulfonamides is 1. The minimum atomic E-state index is -4.26. The lowest BCUT2D eigenvalue weighted by atomic mass is 9.94. The molecule has 0 saturated heterocycles. The van der Waals surface area contributed by atoms with E-state index in [9.17, 15) is 22.4 Å². The molecule has 46 heavy (non-hydrogen) atoms. The molecule has 0 heterocycles. The first kappa shape index (κ1) is 33.2. The highest BCUT2D eigenvalue weighted by atomic mass is 35.5. The van der Waals surface area contributed by atoms with Gasteiger partial charge in [0.05, 0.1) is 10.6 Å². The second-order valence-electron chi connectivity index (χ2n) is 11.5. The van der Waals surface area contributed by atoms with Gasteiger partial charge in [-0.2, -0.15) is 0 Å². The van der Waals surface area contributed by atoms with Crippen molar-refractivity contribution in [1.29, 1.82) is 0 Å². The second kappa shape index (κ2) is 15.4. The van der Waals surface area contributed by atoms with Crippen molar-refractivity contribution in [1.82, 2.24) is 10.2 Å². The summed E-state index contributed by atoms with van der Waals surface area (Å²) in [6.07, 6.45) is 5.09. The highest BCUT2D eigenvalue weighted by Crippen LogP contribution is 2.26. The zero-order valence-electron chi connectivity index (χ0n) is 25.4. The molecule has 4 aromatic carbocycles. The van der Waals surface area contributed by atoms with Crippen molar-refractivity contribution in [2.75, 3.05) is 10.8 Å². The number of nitrogens with zero attached hydrogens (tertiary/aromatic N) is 2. The van der Waals surface area contributed by atoms with Gasteiger partial charge in [-0.1, -0.05) is 91.5 Å². The largest absolute Gasteiger partial charge is 0.352 e. The van der Waals surface area contributed by atoms with Gasteiger partial charge in [-0.05, 0) is 72.5 Å². The maximum absolute atomic E-state index is 14.5. The second-order valence-corrected chi connectivity index (χ2v) is 13.8. The number of anilines is 1. The molecule has 0 bridgehead atoms. The molecule has 7 nitrogen and oxygen atoms in total. The summed E-state index contributed by atoms with van der Waals surface area (Å²) in [5, 5.41) is 3.65. The fourth-order valence-corrected chi connectivity index (χ4v) is 7.43. The lowest BCUT2D eigenvalue weighted by molar-refractivity contribution is -0.140. The third-order valence-electron chi connectivity index (χ3n) is 8.19. The highest BCUT2D eigenvalue weighted by molar-refractivity contribution is 7.92. The third-order valence-corrected chi connectivity index (χ3v) is 10.2. The lowest BCUT2D eigenvalue weighted by Crippen LogP contribution is -2.55. The number of nitrogens with one attached hydrogen (secondary N) is 1. The van der Waals surface area contributed by atoms with Gasteiger partial charge in [0.2, 0.25) is 11.8 Å². The Bertz CT molecular complexity index is 1720. The summed E-state index contributed by atoms with van der Waals surface area (Å²) in [6, 6.07) is 28.2. The first-order valence-electron chi connectivity index (χ1n) is 15.4. The van der Waals surface area contributed by atoms with Gasteiger partial charge in [0.25, 0.3) is 10.0 Å². The Labute approximate surface area is 275 Å². The van der Waals surface area contributed by atoms with Gasteiger partial charge in [-0.25, -0.2) is 12.8 Å². The number of amides is 2. The molecule has 0 aliphatic heterocycles. The van der Waals surface area contributed by atoms with Crippen LogP contribution in [0.15, 0.2) is 114 Å². The molecule has 4 aromatic rings. The molecular weight excluding hydrogens is 625 g/mol. The lowest BCUT2D eigenvalue weighted by Gasteiger charge is -2.35. The molecule has 240 valence electrons. The monoisotopic (exact) mass is 661 g/mol. The Morgan fingerprint density at radius 3 is 2.11 bits per heavy atom. The average Bonchev–Trinajstić information content (AvgIpc) is 3.07. The van der Waals surface area contributed by atoms with Crippen molar-refractivity contribution in [2.24, 2.45) is 0 Å². The summed E-state index contributed by atoms with van der Waals surface area (Å²) >= 11 is 6.31. The van der Waals surface area contributed by atoms with E-state index >= 15 is 0 Å². The van der Waals surface area contributed by atoms with Crippen molar-refractivity contribution < 1.29 is 22.4 Å². The number of hydrogen-bond donors (Lipinski definition) is 1. The van der Waals surface area contributed by atoms with E-state index in [0.717, 1.165) is 54.1 Å². The quantitative estimate of drug-likeness (QED) is 0.182. The van der Waals surface area contributed by atoms with E-state index in [4.69, 9.17) is 11.6 Å². The molecule has 1 N–H and O–H groups in total. The minimum Gasteiger partial charge on any atom is -0.352 e. The van der Waals surface area contributed by atoms with Crippen LogP contribution in [-0.4, -0.2) is 43.8 Å². The summed E-state index contributed by atoms with van der Waals surface area (Å²) < 4.78 is 42.9. The molecule has 1 unspecified atom stereocenters. The maximum atomic E-state index is 14.5. The van der Waals surface area contributed by atoms with Crippen LogP contribution in [0.2, 0.25) is 5.02 Å². The molecule has 5 rings (SSSR count). The number of hydrogen-bond acceptors (Lipinski definition) is 4. The maximum Gasteiger partial charge on any atom is 0.264 e. The molecule has 1 saturated carbocycles. The molecule has 1 fully saturated rings. The standard InChI is InChI=1S/C36H37ClFN3O4S/c37-29-14-10-13-28(23-29)25-40(34(24-27-11-4-1-5-12-27)36(43)39-31-15-6-2-7-16-31)35(42)26-41(32-21-19-30(38)20-22-32)46(44,45)33-17-8-3-9-18-33/h1,3-5,8-14,17-23,31,34H,2,6-7,15-16,24-26H2,(H,39,43). The Morgan fingerprint density at radius 2 is 1.46 bits per heavy atom. The van der Waals surface area contributed by atoms with Gasteiger partial charge in [0.15, 0.2) is 0 Å². The van der Waals surface area contributed by atoms with E-state index in [-0.39, 0.29) is 35.5 Å². The van der Waals surface area contributed by atoms with E-state index < -0.39 is 34.3 Å². The summed E-state index contributed by atoms with van der Waals surface area (Å²) in [5.41, 5.74) is 1.65. The van der Waals surface area contributed by atoms with E-state index in [2.05, 4.69) is 5.32 Å². The van der Waals surface area contributed by atoms with Crippen molar-refractivity contribution in [2.45, 2.75) is 62.0 Å². The molecule has 1 aliphatic carbocycles. The van der Waals surface area contributed by atoms with E-state index in [1.54, 1.807) is 36.4 Å². The van der Waals surface area contributed by atoms with Gasteiger partial charge in [-0.15, -0.1) is 0 Å². The van der Waals surface area contributed by atoms with Crippen LogP contribution in [0.25, 0.3) is 0 Å². The number of carbonyl (C=O) groups is 2. The van der Waals surface area contributed by atoms with Gasteiger partial charge in [-0.3, -0.25) is 13.9 Å². The molecule has 0 spiro atoms. The van der Waals surface area contributed by atoms with Crippen molar-refractivity contribution in [3.05, 3.63) is 131 Å². The van der Waals surface area contributed by atoms with Crippen molar-refractivity contribution >= 4 is 39.1 Å². The minimum absolute atomic E-state index is 0.00295. The number of halogens is 2. The number of rotatable bonds is 12. The Morgan fingerprint density at radius 1 is 0.826 bits per heavy atom. The van der Waals surface area contributed by atoms with Crippen LogP contribution < -0.4 is 9.62 Å². The van der Waals surface area contributed by atoms with Crippen LogP contribution >= 0.6 is 11.6 Å². The van der Waals surface area contributed by atoms with Gasteiger partial charge < -0.3 is 10.2 Å². The fraction of sp³-hybridized carbons (Fsp3) is 0.278. The van der Waals surface area contributed by atoms with Gasteiger partial charge >= 0.3 is 0 Å². The summed E-state index contributed by atoms with van der Waals surface area (Å²) in [5.74, 6) is -1.44. The molecule has 1 atom stereocenters. The zero-order valence-corrected chi connectivity index (χ0v) is 27.0. The molecule has 0 aromatic heterocycles. The van der Waals surface area contributed by atoms with Crippen LogP contribution in [0.4, 0.5) is 10.1 Å². The average molecular weight is 662 g/mol. The fourth-order valence-electron chi connectivity index (χ4n) is 5.79. The molecule has 10 heteroatoms. The highest BCUT2D eigenvalue weighted by Gasteiger charge is 2.35. The molecular formula is C36H37ClFN3O4S. The van der Waals surface area contributed by atoms with E-state index in [1.165, 1.54) is 29.2 Å². The van der Waals surface area contributed by atoms with Crippen LogP contribution in [0.3, 0.4) is 0 Å². The van der Waals surface area contributed by atoms with Gasteiger partial charge in [0, 0.05) is 24.0 Å². The van der Waals surface area contributed by atoms with Crippen molar-refractivity contribution in [3.63, 3.8) is 0 Å². The van der Waals surface area contributed by atoms with Crippen LogP contribution in [0.5, 0.6) is 0 Å². The zero-order chi connectivity index (χ0) is 32.5. The summed E-state index contributed by atoms with van der Waals surface area (Å²) in [6.45, 7) is -0.608. The number of benzene rings is 4. The Hall–Kier alpha value is -4.21. The van der Waals surface area contributed by atoms with E-state index in [1.807, 2.05) is 36.4 Å². The Balaban J connectivity index is 1.55. The molecule has 2 amide bonds. The first-order chi connectivity index (χ1) is 22.2.